The number of amides is 1. The molecule has 2 rings (SSSR count). The highest BCUT2D eigenvalue weighted by molar-refractivity contribution is 5.95. The van der Waals surface area contributed by atoms with Gasteiger partial charge in [-0.2, -0.15) is 0 Å². The Morgan fingerprint density at radius 1 is 1.12 bits per heavy atom. The van der Waals surface area contributed by atoms with Gasteiger partial charge in [-0.05, 0) is 43.3 Å². The highest BCUT2D eigenvalue weighted by Crippen LogP contribution is 2.17. The topological polar surface area (TPSA) is 73.9 Å². The van der Waals surface area contributed by atoms with E-state index in [-0.39, 0.29) is 6.61 Å². The summed E-state index contributed by atoms with van der Waals surface area (Å²) < 4.78 is 28.0. The van der Waals surface area contributed by atoms with Crippen molar-refractivity contribution in [2.24, 2.45) is 0 Å². The van der Waals surface area contributed by atoms with E-state index < -0.39 is 23.8 Å². The van der Waals surface area contributed by atoms with Crippen LogP contribution in [0, 0.1) is 5.82 Å². The highest BCUT2D eigenvalue weighted by atomic mass is 19.1. The number of carbonyl (C=O) groups is 2. The van der Waals surface area contributed by atoms with Gasteiger partial charge in [-0.1, -0.05) is 6.07 Å². The second kappa shape index (κ2) is 8.68. The van der Waals surface area contributed by atoms with Gasteiger partial charge in [-0.3, -0.25) is 4.79 Å². The Morgan fingerprint density at radius 2 is 1.84 bits per heavy atom. The van der Waals surface area contributed by atoms with Crippen molar-refractivity contribution in [3.05, 3.63) is 54.3 Å². The number of hydrogen-bond acceptors (Lipinski definition) is 5. The van der Waals surface area contributed by atoms with Crippen LogP contribution >= 0.6 is 0 Å². The van der Waals surface area contributed by atoms with Gasteiger partial charge in [-0.15, -0.1) is 0 Å². The molecule has 0 aromatic heterocycles. The maximum Gasteiger partial charge on any atom is 0.344 e. The van der Waals surface area contributed by atoms with Gasteiger partial charge in [0.1, 0.15) is 17.3 Å². The molecule has 0 saturated heterocycles. The molecule has 0 fully saturated rings. The fourth-order valence-electron chi connectivity index (χ4n) is 1.90. The van der Waals surface area contributed by atoms with E-state index >= 15 is 0 Å². The number of anilines is 1. The predicted octanol–water partition coefficient (Wildman–Crippen LogP) is 2.78. The van der Waals surface area contributed by atoms with E-state index in [0.717, 1.165) is 0 Å². The number of carbonyl (C=O) groups excluding carboxylic acids is 2. The van der Waals surface area contributed by atoms with Crippen molar-refractivity contribution in [1.29, 1.82) is 0 Å². The Hall–Kier alpha value is -3.09. The molecular formula is C18H18FNO5. The molecule has 2 aromatic rings. The van der Waals surface area contributed by atoms with Gasteiger partial charge < -0.3 is 19.5 Å². The zero-order chi connectivity index (χ0) is 18.2. The minimum absolute atomic E-state index is 0.326. The Balaban J connectivity index is 1.81. The van der Waals surface area contributed by atoms with Crippen molar-refractivity contribution >= 4 is 17.6 Å². The lowest BCUT2D eigenvalue weighted by atomic mass is 10.3. The number of hydrogen-bond donors (Lipinski definition) is 1. The van der Waals surface area contributed by atoms with Crippen molar-refractivity contribution in [3.8, 4) is 11.5 Å². The minimum Gasteiger partial charge on any atom is -0.497 e. The monoisotopic (exact) mass is 347 g/mol. The Bertz CT molecular complexity index is 733. The van der Waals surface area contributed by atoms with E-state index in [1.165, 1.54) is 38.3 Å². The summed E-state index contributed by atoms with van der Waals surface area (Å²) in [7, 11) is 1.52. The molecule has 0 aliphatic heterocycles. The van der Waals surface area contributed by atoms with Crippen molar-refractivity contribution in [2.75, 3.05) is 19.0 Å². The van der Waals surface area contributed by atoms with Crippen LogP contribution in [0.4, 0.5) is 10.1 Å². The van der Waals surface area contributed by atoms with E-state index in [1.54, 1.807) is 24.3 Å². The van der Waals surface area contributed by atoms with Crippen molar-refractivity contribution in [3.63, 3.8) is 0 Å². The van der Waals surface area contributed by atoms with Crippen LogP contribution in [0.25, 0.3) is 0 Å². The molecule has 132 valence electrons. The Labute approximate surface area is 144 Å². The number of benzene rings is 2. The molecule has 25 heavy (non-hydrogen) atoms. The molecule has 0 aliphatic rings. The molecule has 0 bridgehead atoms. The zero-order valence-electron chi connectivity index (χ0n) is 13.8. The molecule has 2 aromatic carbocycles. The lowest BCUT2D eigenvalue weighted by molar-refractivity contribution is -0.155. The predicted molar refractivity (Wildman–Crippen MR) is 89.1 cm³/mol. The average Bonchev–Trinajstić information content (AvgIpc) is 2.61. The summed E-state index contributed by atoms with van der Waals surface area (Å²) in [6.07, 6.45) is -1.00. The summed E-state index contributed by atoms with van der Waals surface area (Å²) in [6.45, 7) is 1.06. The normalized spacial score (nSPS) is 11.3. The molecule has 6 nitrogen and oxygen atoms in total. The number of methoxy groups -OCH3 is 1. The third-order valence-electron chi connectivity index (χ3n) is 3.19. The maximum atomic E-state index is 12.8. The van der Waals surface area contributed by atoms with E-state index in [2.05, 4.69) is 5.32 Å². The first-order chi connectivity index (χ1) is 12.0. The van der Waals surface area contributed by atoms with E-state index in [4.69, 9.17) is 14.2 Å². The Morgan fingerprint density at radius 3 is 2.52 bits per heavy atom. The van der Waals surface area contributed by atoms with Gasteiger partial charge in [0.2, 0.25) is 0 Å². The van der Waals surface area contributed by atoms with Gasteiger partial charge in [0, 0.05) is 11.8 Å². The van der Waals surface area contributed by atoms with Crippen molar-refractivity contribution in [2.45, 2.75) is 13.0 Å². The molecule has 0 spiro atoms. The van der Waals surface area contributed by atoms with Crippen molar-refractivity contribution in [1.82, 2.24) is 0 Å². The van der Waals surface area contributed by atoms with Gasteiger partial charge in [-0.25, -0.2) is 9.18 Å². The lowest BCUT2D eigenvalue weighted by Gasteiger charge is -2.14. The van der Waals surface area contributed by atoms with Crippen LogP contribution in [0.5, 0.6) is 11.5 Å². The zero-order valence-corrected chi connectivity index (χ0v) is 13.8. The van der Waals surface area contributed by atoms with E-state index in [0.29, 0.717) is 17.2 Å². The van der Waals surface area contributed by atoms with Crippen LogP contribution in [0.2, 0.25) is 0 Å². The van der Waals surface area contributed by atoms with Crippen LogP contribution in [0.15, 0.2) is 48.5 Å². The van der Waals surface area contributed by atoms with Crippen LogP contribution in [0.1, 0.15) is 6.92 Å². The fourth-order valence-corrected chi connectivity index (χ4v) is 1.90. The smallest absolute Gasteiger partial charge is 0.344 e. The fraction of sp³-hybridized carbons (Fsp3) is 0.222. The summed E-state index contributed by atoms with van der Waals surface area (Å²) in [5.74, 6) is -0.680. The van der Waals surface area contributed by atoms with E-state index in [1.807, 2.05) is 0 Å². The molecule has 1 N–H and O–H groups in total. The van der Waals surface area contributed by atoms with Gasteiger partial charge in [0.15, 0.2) is 12.7 Å². The third kappa shape index (κ3) is 5.80. The SMILES string of the molecule is COc1cccc(NC(=O)[C@@H](C)OC(=O)COc2ccc(F)cc2)c1. The Kier molecular flexibility index (Phi) is 6.33. The average molecular weight is 347 g/mol. The summed E-state index contributed by atoms with van der Waals surface area (Å²) >= 11 is 0. The molecule has 1 atom stereocenters. The van der Waals surface area contributed by atoms with Gasteiger partial charge >= 0.3 is 5.97 Å². The quantitative estimate of drug-likeness (QED) is 0.780. The first-order valence-corrected chi connectivity index (χ1v) is 7.50. The number of halogens is 1. The lowest BCUT2D eigenvalue weighted by Crippen LogP contribution is -2.31. The first kappa shape index (κ1) is 18.3. The summed E-state index contributed by atoms with van der Waals surface area (Å²) in [4.78, 5) is 23.8. The number of nitrogens with one attached hydrogen (secondary N) is 1. The maximum absolute atomic E-state index is 12.8. The number of ether oxygens (including phenoxy) is 3. The van der Waals surface area contributed by atoms with Crippen LogP contribution in [-0.4, -0.2) is 31.7 Å². The second-order valence-electron chi connectivity index (χ2n) is 5.10. The molecule has 0 aliphatic carbocycles. The molecule has 0 heterocycles. The van der Waals surface area contributed by atoms with E-state index in [9.17, 15) is 14.0 Å². The third-order valence-corrected chi connectivity index (χ3v) is 3.19. The van der Waals surface area contributed by atoms with Gasteiger partial charge in [0.25, 0.3) is 5.91 Å². The standard InChI is InChI=1S/C18H18FNO5/c1-12(18(22)20-14-4-3-5-16(10-14)23-2)25-17(21)11-24-15-8-6-13(19)7-9-15/h3-10,12H,11H2,1-2H3,(H,20,22)/t12-/m1/s1. The first-order valence-electron chi connectivity index (χ1n) is 7.50. The number of esters is 1. The van der Waals surface area contributed by atoms with Crippen LogP contribution in [0.3, 0.4) is 0 Å². The molecule has 7 heteroatoms. The minimum atomic E-state index is -1.00. The summed E-state index contributed by atoms with van der Waals surface area (Å²) in [5.41, 5.74) is 0.523. The molecule has 0 radical (unpaired) electrons. The molecule has 0 saturated carbocycles. The highest BCUT2D eigenvalue weighted by Gasteiger charge is 2.18. The van der Waals surface area contributed by atoms with Crippen molar-refractivity contribution < 1.29 is 28.2 Å². The van der Waals surface area contributed by atoms with Gasteiger partial charge in [0.05, 0.1) is 7.11 Å². The largest absolute Gasteiger partial charge is 0.497 e. The second-order valence-corrected chi connectivity index (χ2v) is 5.10. The molecule has 1 amide bonds. The number of rotatable bonds is 7. The summed E-state index contributed by atoms with van der Waals surface area (Å²) in [6, 6.07) is 12.0. The van der Waals surface area contributed by atoms with Crippen LogP contribution < -0.4 is 14.8 Å². The summed E-state index contributed by atoms with van der Waals surface area (Å²) in [5, 5.41) is 2.62. The van der Waals surface area contributed by atoms with Crippen LogP contribution in [-0.2, 0) is 14.3 Å². The molecule has 0 unspecified atom stereocenters. The molecular weight excluding hydrogens is 329 g/mol.